The number of rotatable bonds is 6. The van der Waals surface area contributed by atoms with Gasteiger partial charge in [-0.25, -0.2) is 0 Å². The van der Waals surface area contributed by atoms with Crippen LogP contribution in [0, 0.1) is 16.0 Å². The summed E-state index contributed by atoms with van der Waals surface area (Å²) >= 11 is 0. The van der Waals surface area contributed by atoms with Gasteiger partial charge in [-0.3, -0.25) is 14.9 Å². The van der Waals surface area contributed by atoms with E-state index in [4.69, 9.17) is 0 Å². The van der Waals surface area contributed by atoms with Crippen molar-refractivity contribution < 1.29 is 9.72 Å². The zero-order chi connectivity index (χ0) is 23.5. The van der Waals surface area contributed by atoms with Crippen LogP contribution < -0.4 is 0 Å². The zero-order valence-corrected chi connectivity index (χ0v) is 18.7. The molecule has 0 saturated carbocycles. The average Bonchev–Trinajstić information content (AvgIpc) is 2.88. The second kappa shape index (κ2) is 9.44. The first-order valence-electron chi connectivity index (χ1n) is 11.5. The van der Waals surface area contributed by atoms with Crippen LogP contribution in [-0.2, 0) is 11.2 Å². The maximum absolute atomic E-state index is 12.8. The fourth-order valence-corrected chi connectivity index (χ4v) is 5.56. The van der Waals surface area contributed by atoms with Crippen LogP contribution in [0.25, 0.3) is 10.8 Å². The molecule has 4 heteroatoms. The zero-order valence-electron chi connectivity index (χ0n) is 18.7. The Bertz CT molecular complexity index is 1340. The molecule has 5 rings (SSSR count). The topological polar surface area (TPSA) is 60.2 Å². The predicted octanol–water partition coefficient (Wildman–Crippen LogP) is 6.35. The van der Waals surface area contributed by atoms with Gasteiger partial charge in [0.2, 0.25) is 6.04 Å². The molecule has 34 heavy (non-hydrogen) atoms. The number of carbonyl (C=O) groups is 1. The molecule has 0 N–H and O–H groups in total. The maximum atomic E-state index is 12.8. The van der Waals surface area contributed by atoms with Crippen LogP contribution in [0.15, 0.2) is 115 Å². The summed E-state index contributed by atoms with van der Waals surface area (Å²) in [6.07, 6.45) is 3.42. The molecule has 0 fully saturated rings. The van der Waals surface area contributed by atoms with E-state index in [2.05, 4.69) is 0 Å². The molecule has 0 spiro atoms. The molecule has 1 aliphatic carbocycles. The molecular weight excluding hydrogens is 422 g/mol. The number of nitro groups is 1. The van der Waals surface area contributed by atoms with Gasteiger partial charge in [-0.1, -0.05) is 109 Å². The number of hydrogen-bond acceptors (Lipinski definition) is 3. The lowest BCUT2D eigenvalue weighted by molar-refractivity contribution is -0.531. The maximum Gasteiger partial charge on any atom is 0.231 e. The Morgan fingerprint density at radius 2 is 1.44 bits per heavy atom. The number of aldehydes is 1. The highest BCUT2D eigenvalue weighted by atomic mass is 16.6. The van der Waals surface area contributed by atoms with Crippen molar-refractivity contribution in [3.8, 4) is 0 Å². The summed E-state index contributed by atoms with van der Waals surface area (Å²) in [4.78, 5) is 24.9. The molecule has 0 heterocycles. The summed E-state index contributed by atoms with van der Waals surface area (Å²) in [5.74, 6) is -1.19. The number of hydrogen-bond donors (Lipinski definition) is 0. The smallest absolute Gasteiger partial charge is 0.231 e. The van der Waals surface area contributed by atoms with E-state index in [1.54, 1.807) is 0 Å². The highest BCUT2D eigenvalue weighted by Gasteiger charge is 2.49. The number of benzene rings is 4. The summed E-state index contributed by atoms with van der Waals surface area (Å²) in [6, 6.07) is 32.5. The minimum atomic E-state index is -0.966. The second-order valence-electron chi connectivity index (χ2n) is 8.90. The van der Waals surface area contributed by atoms with Crippen molar-refractivity contribution in [3.63, 3.8) is 0 Å². The van der Waals surface area contributed by atoms with Crippen LogP contribution >= 0.6 is 0 Å². The minimum absolute atomic E-state index is 0.168. The number of carbonyl (C=O) groups excluding carboxylic acids is 1. The van der Waals surface area contributed by atoms with Crippen LogP contribution in [0.2, 0.25) is 0 Å². The van der Waals surface area contributed by atoms with E-state index in [0.29, 0.717) is 12.0 Å². The molecular formula is C30H25NO3. The molecule has 0 radical (unpaired) electrons. The van der Waals surface area contributed by atoms with Crippen molar-refractivity contribution in [1.82, 2.24) is 0 Å². The molecule has 0 aliphatic heterocycles. The van der Waals surface area contributed by atoms with Crippen LogP contribution in [0.1, 0.15) is 28.5 Å². The predicted molar refractivity (Wildman–Crippen MR) is 134 cm³/mol. The van der Waals surface area contributed by atoms with Gasteiger partial charge in [0.25, 0.3) is 0 Å². The van der Waals surface area contributed by atoms with Crippen molar-refractivity contribution >= 4 is 17.1 Å². The molecule has 0 amide bonds. The van der Waals surface area contributed by atoms with E-state index in [-0.39, 0.29) is 10.8 Å². The van der Waals surface area contributed by atoms with E-state index >= 15 is 0 Å². The summed E-state index contributed by atoms with van der Waals surface area (Å²) < 4.78 is 0. The van der Waals surface area contributed by atoms with Gasteiger partial charge in [-0.2, -0.15) is 0 Å². The highest BCUT2D eigenvalue weighted by molar-refractivity contribution is 5.86. The van der Waals surface area contributed by atoms with Crippen molar-refractivity contribution in [3.05, 3.63) is 142 Å². The van der Waals surface area contributed by atoms with Gasteiger partial charge in [-0.05, 0) is 39.8 Å². The van der Waals surface area contributed by atoms with Gasteiger partial charge in [0.15, 0.2) is 0 Å². The van der Waals surface area contributed by atoms with E-state index < -0.39 is 17.9 Å². The van der Waals surface area contributed by atoms with Crippen molar-refractivity contribution in [2.24, 2.45) is 5.92 Å². The van der Waals surface area contributed by atoms with Gasteiger partial charge in [0.1, 0.15) is 6.29 Å². The first-order valence-corrected chi connectivity index (χ1v) is 11.5. The Labute approximate surface area is 198 Å². The highest BCUT2D eigenvalue weighted by Crippen LogP contribution is 2.48. The Balaban J connectivity index is 1.74. The lowest BCUT2D eigenvalue weighted by atomic mass is 9.65. The second-order valence-corrected chi connectivity index (χ2v) is 8.90. The van der Waals surface area contributed by atoms with Gasteiger partial charge < -0.3 is 0 Å². The lowest BCUT2D eigenvalue weighted by Gasteiger charge is -2.37. The molecule has 1 aliphatic rings. The Morgan fingerprint density at radius 3 is 2.15 bits per heavy atom. The van der Waals surface area contributed by atoms with E-state index in [9.17, 15) is 14.9 Å². The van der Waals surface area contributed by atoms with E-state index in [1.165, 1.54) is 0 Å². The van der Waals surface area contributed by atoms with Crippen LogP contribution in [0.4, 0.5) is 0 Å². The van der Waals surface area contributed by atoms with Crippen molar-refractivity contribution in [2.45, 2.75) is 24.3 Å². The van der Waals surface area contributed by atoms with Crippen LogP contribution in [-0.4, -0.2) is 17.3 Å². The van der Waals surface area contributed by atoms with Gasteiger partial charge in [-0.15, -0.1) is 0 Å². The van der Waals surface area contributed by atoms with Crippen LogP contribution in [0.5, 0.6) is 0 Å². The molecule has 0 unspecified atom stereocenters. The average molecular weight is 448 g/mol. The fourth-order valence-electron chi connectivity index (χ4n) is 5.56. The molecule has 4 atom stereocenters. The quantitative estimate of drug-likeness (QED) is 0.197. The molecule has 0 bridgehead atoms. The summed E-state index contributed by atoms with van der Waals surface area (Å²) in [5.41, 5.74) is 3.35. The van der Waals surface area contributed by atoms with E-state index in [1.807, 2.05) is 109 Å². The SMILES string of the molecule is O=CC1=C[C@@H](Cc2ccccc2)[C@H](c2cccc3ccccc23)[C@H]([N+](=O)[O-])[C@H]1c1ccccc1. The standard InChI is InChI=1S/C30H25NO3/c32-20-25-19-24(18-21-10-3-1-4-11-21)29(27-17-9-15-22-12-7-8-16-26(22)27)30(31(33)34)28(25)23-13-5-2-6-14-23/h1-17,19-20,24,28-30H,18H2/t24-,28+,29-,30-/m1/s1. The van der Waals surface area contributed by atoms with Gasteiger partial charge in [0, 0.05) is 10.5 Å². The molecule has 0 saturated heterocycles. The number of allylic oxidation sites excluding steroid dienone is 1. The first-order chi connectivity index (χ1) is 16.7. The van der Waals surface area contributed by atoms with Crippen molar-refractivity contribution in [2.75, 3.05) is 0 Å². The molecule has 4 aromatic rings. The summed E-state index contributed by atoms with van der Waals surface area (Å²) in [6.45, 7) is 0. The van der Waals surface area contributed by atoms with Crippen molar-refractivity contribution in [1.29, 1.82) is 0 Å². The van der Waals surface area contributed by atoms with Gasteiger partial charge >= 0.3 is 0 Å². The normalized spacial score (nSPS) is 22.2. The molecule has 4 nitrogen and oxygen atoms in total. The summed E-state index contributed by atoms with van der Waals surface area (Å²) in [7, 11) is 0. The number of fused-ring (bicyclic) bond motifs is 1. The third kappa shape index (κ3) is 4.03. The first kappa shape index (κ1) is 21.8. The molecule has 0 aromatic heterocycles. The van der Waals surface area contributed by atoms with E-state index in [0.717, 1.165) is 33.7 Å². The molecule has 168 valence electrons. The minimum Gasteiger partial charge on any atom is -0.298 e. The largest absolute Gasteiger partial charge is 0.298 e. The molecule has 4 aromatic carbocycles. The lowest BCUT2D eigenvalue weighted by Crippen LogP contribution is -2.42. The Morgan fingerprint density at radius 1 is 0.794 bits per heavy atom. The Hall–Kier alpha value is -4.05. The monoisotopic (exact) mass is 447 g/mol. The third-order valence-electron chi connectivity index (χ3n) is 6.97. The third-order valence-corrected chi connectivity index (χ3v) is 6.97. The summed E-state index contributed by atoms with van der Waals surface area (Å²) in [5, 5.41) is 14.9. The van der Waals surface area contributed by atoms with Gasteiger partial charge in [0.05, 0.1) is 11.8 Å². The fraction of sp³-hybridized carbons (Fsp3) is 0.167. The number of nitrogens with zero attached hydrogens (tertiary/aromatic N) is 1. The van der Waals surface area contributed by atoms with Crippen LogP contribution in [0.3, 0.4) is 0 Å². The Kier molecular flexibility index (Phi) is 6.05.